The summed E-state index contributed by atoms with van der Waals surface area (Å²) in [6.07, 6.45) is 0. The predicted molar refractivity (Wildman–Crippen MR) is 58.0 cm³/mol. The van der Waals surface area contributed by atoms with Crippen LogP contribution in [0.5, 0.6) is 0 Å². The minimum Gasteiger partial charge on any atom is -0.338 e. The molecule has 4 heteroatoms. The standard InChI is InChI=1S/C10H19N3O/c1-5-11-10(14)13(4)9-7-6-8-12(2)3/h5,8-9H2,1-4H3,(H,11,14). The number of carbonyl (C=O) groups is 1. The summed E-state index contributed by atoms with van der Waals surface area (Å²) >= 11 is 0. The highest BCUT2D eigenvalue weighted by Gasteiger charge is 2.03. The quantitative estimate of drug-likeness (QED) is 0.657. The summed E-state index contributed by atoms with van der Waals surface area (Å²) in [5.41, 5.74) is 0. The molecule has 0 aliphatic carbocycles. The van der Waals surface area contributed by atoms with E-state index >= 15 is 0 Å². The molecular formula is C10H19N3O. The normalized spacial score (nSPS) is 9.21. The van der Waals surface area contributed by atoms with E-state index in [2.05, 4.69) is 17.2 Å². The van der Waals surface area contributed by atoms with Gasteiger partial charge in [-0.1, -0.05) is 11.8 Å². The van der Waals surface area contributed by atoms with Gasteiger partial charge in [-0.05, 0) is 21.0 Å². The van der Waals surface area contributed by atoms with Crippen LogP contribution in [0.2, 0.25) is 0 Å². The average molecular weight is 197 g/mol. The number of carbonyl (C=O) groups excluding carboxylic acids is 1. The molecular weight excluding hydrogens is 178 g/mol. The van der Waals surface area contributed by atoms with Crippen molar-refractivity contribution >= 4 is 6.03 Å². The third-order valence-corrected chi connectivity index (χ3v) is 1.51. The van der Waals surface area contributed by atoms with Crippen LogP contribution in [0.3, 0.4) is 0 Å². The number of nitrogens with zero attached hydrogens (tertiary/aromatic N) is 2. The van der Waals surface area contributed by atoms with Gasteiger partial charge < -0.3 is 10.2 Å². The molecule has 2 amide bonds. The van der Waals surface area contributed by atoms with Crippen LogP contribution in [-0.2, 0) is 0 Å². The molecule has 0 saturated heterocycles. The molecule has 0 aromatic rings. The highest BCUT2D eigenvalue weighted by molar-refractivity contribution is 5.74. The summed E-state index contributed by atoms with van der Waals surface area (Å²) in [5.74, 6) is 5.90. The van der Waals surface area contributed by atoms with E-state index in [-0.39, 0.29) is 6.03 Å². The van der Waals surface area contributed by atoms with Crippen LogP contribution in [-0.4, -0.2) is 56.6 Å². The molecule has 0 saturated carbocycles. The number of amides is 2. The molecule has 0 spiro atoms. The SMILES string of the molecule is CCNC(=O)N(C)CC#CCN(C)C. The van der Waals surface area contributed by atoms with Gasteiger partial charge in [0.25, 0.3) is 0 Å². The first-order chi connectivity index (χ1) is 6.57. The third kappa shape index (κ3) is 6.32. The Balaban J connectivity index is 3.75. The van der Waals surface area contributed by atoms with Crippen molar-refractivity contribution in [1.82, 2.24) is 15.1 Å². The maximum Gasteiger partial charge on any atom is 0.317 e. The summed E-state index contributed by atoms with van der Waals surface area (Å²) in [7, 11) is 5.65. The smallest absolute Gasteiger partial charge is 0.317 e. The van der Waals surface area contributed by atoms with Crippen molar-refractivity contribution in [1.29, 1.82) is 0 Å². The fourth-order valence-electron chi connectivity index (χ4n) is 0.746. The van der Waals surface area contributed by atoms with Crippen LogP contribution < -0.4 is 5.32 Å². The van der Waals surface area contributed by atoms with E-state index in [1.807, 2.05) is 25.9 Å². The van der Waals surface area contributed by atoms with Crippen molar-refractivity contribution in [3.63, 3.8) is 0 Å². The minimum atomic E-state index is -0.0772. The molecule has 0 radical (unpaired) electrons. The summed E-state index contributed by atoms with van der Waals surface area (Å²) < 4.78 is 0. The molecule has 0 unspecified atom stereocenters. The Labute approximate surface area is 86.3 Å². The van der Waals surface area contributed by atoms with Crippen molar-refractivity contribution < 1.29 is 4.79 Å². The second-order valence-electron chi connectivity index (χ2n) is 3.28. The summed E-state index contributed by atoms with van der Waals surface area (Å²) in [6.45, 7) is 3.74. The fourth-order valence-corrected chi connectivity index (χ4v) is 0.746. The number of hydrogen-bond donors (Lipinski definition) is 1. The Bertz CT molecular complexity index is 227. The van der Waals surface area contributed by atoms with Crippen LogP contribution in [0.15, 0.2) is 0 Å². The second-order valence-corrected chi connectivity index (χ2v) is 3.28. The Kier molecular flexibility index (Phi) is 6.59. The molecule has 0 heterocycles. The molecule has 4 nitrogen and oxygen atoms in total. The van der Waals surface area contributed by atoms with Gasteiger partial charge in [0.2, 0.25) is 0 Å². The first kappa shape index (κ1) is 12.8. The molecule has 0 atom stereocenters. The van der Waals surface area contributed by atoms with E-state index in [0.29, 0.717) is 13.1 Å². The van der Waals surface area contributed by atoms with Crippen LogP contribution in [0.4, 0.5) is 4.79 Å². The van der Waals surface area contributed by atoms with E-state index in [4.69, 9.17) is 0 Å². The number of rotatable bonds is 3. The lowest BCUT2D eigenvalue weighted by Gasteiger charge is -2.13. The largest absolute Gasteiger partial charge is 0.338 e. The number of hydrogen-bond acceptors (Lipinski definition) is 2. The molecule has 0 aliphatic heterocycles. The molecule has 0 bridgehead atoms. The topological polar surface area (TPSA) is 35.6 Å². The molecule has 1 N–H and O–H groups in total. The van der Waals surface area contributed by atoms with Crippen LogP contribution in [0.25, 0.3) is 0 Å². The minimum absolute atomic E-state index is 0.0772. The first-order valence-electron chi connectivity index (χ1n) is 4.67. The van der Waals surface area contributed by atoms with Crippen molar-refractivity contribution in [3.8, 4) is 11.8 Å². The van der Waals surface area contributed by atoms with Crippen LogP contribution >= 0.6 is 0 Å². The lowest BCUT2D eigenvalue weighted by atomic mass is 10.5. The zero-order chi connectivity index (χ0) is 11.0. The maximum atomic E-state index is 11.2. The second kappa shape index (κ2) is 7.22. The van der Waals surface area contributed by atoms with Gasteiger partial charge in [0.1, 0.15) is 0 Å². The fraction of sp³-hybridized carbons (Fsp3) is 0.700. The van der Waals surface area contributed by atoms with E-state index in [9.17, 15) is 4.79 Å². The number of nitrogens with one attached hydrogen (secondary N) is 1. The molecule has 80 valence electrons. The van der Waals surface area contributed by atoms with Gasteiger partial charge in [-0.15, -0.1) is 0 Å². The first-order valence-corrected chi connectivity index (χ1v) is 4.67. The summed E-state index contributed by atoms with van der Waals surface area (Å²) in [6, 6.07) is -0.0772. The molecule has 0 aliphatic rings. The Morgan fingerprint density at radius 3 is 2.29 bits per heavy atom. The Hall–Kier alpha value is -1.21. The Morgan fingerprint density at radius 1 is 1.21 bits per heavy atom. The molecule has 0 aromatic carbocycles. The van der Waals surface area contributed by atoms with E-state index in [0.717, 1.165) is 6.54 Å². The van der Waals surface area contributed by atoms with Gasteiger partial charge in [-0.2, -0.15) is 0 Å². The predicted octanol–water partition coefficient (Wildman–Crippen LogP) is 0.213. The monoisotopic (exact) mass is 197 g/mol. The lowest BCUT2D eigenvalue weighted by molar-refractivity contribution is 0.214. The maximum absolute atomic E-state index is 11.2. The van der Waals surface area contributed by atoms with Crippen LogP contribution in [0.1, 0.15) is 6.92 Å². The van der Waals surface area contributed by atoms with Gasteiger partial charge in [0.05, 0.1) is 13.1 Å². The van der Waals surface area contributed by atoms with Crippen molar-refractivity contribution in [2.24, 2.45) is 0 Å². The van der Waals surface area contributed by atoms with E-state index in [1.54, 1.807) is 11.9 Å². The average Bonchev–Trinajstić information content (AvgIpc) is 2.12. The molecule has 0 aromatic heterocycles. The number of urea groups is 1. The molecule has 0 fully saturated rings. The van der Waals surface area contributed by atoms with Crippen molar-refractivity contribution in [2.45, 2.75) is 6.92 Å². The van der Waals surface area contributed by atoms with Gasteiger partial charge in [0.15, 0.2) is 0 Å². The van der Waals surface area contributed by atoms with Crippen molar-refractivity contribution in [2.75, 3.05) is 40.8 Å². The van der Waals surface area contributed by atoms with E-state index < -0.39 is 0 Å². The third-order valence-electron chi connectivity index (χ3n) is 1.51. The summed E-state index contributed by atoms with van der Waals surface area (Å²) in [4.78, 5) is 14.8. The van der Waals surface area contributed by atoms with Crippen molar-refractivity contribution in [3.05, 3.63) is 0 Å². The van der Waals surface area contributed by atoms with Gasteiger partial charge in [-0.25, -0.2) is 4.79 Å². The highest BCUT2D eigenvalue weighted by Crippen LogP contribution is 1.81. The van der Waals surface area contributed by atoms with Gasteiger partial charge >= 0.3 is 6.03 Å². The highest BCUT2D eigenvalue weighted by atomic mass is 16.2. The lowest BCUT2D eigenvalue weighted by Crippen LogP contribution is -2.37. The van der Waals surface area contributed by atoms with E-state index in [1.165, 1.54) is 0 Å². The molecule has 14 heavy (non-hydrogen) atoms. The van der Waals surface area contributed by atoms with Crippen LogP contribution in [0, 0.1) is 11.8 Å². The summed E-state index contributed by atoms with van der Waals surface area (Å²) in [5, 5.41) is 2.70. The van der Waals surface area contributed by atoms with Gasteiger partial charge in [-0.3, -0.25) is 4.90 Å². The zero-order valence-electron chi connectivity index (χ0n) is 9.42. The Morgan fingerprint density at radius 2 is 1.79 bits per heavy atom. The zero-order valence-corrected chi connectivity index (χ0v) is 9.42. The molecule has 0 rings (SSSR count). The van der Waals surface area contributed by atoms with Gasteiger partial charge in [0, 0.05) is 13.6 Å².